The highest BCUT2D eigenvalue weighted by Crippen LogP contribution is 2.15. The highest BCUT2D eigenvalue weighted by atomic mass is 19.1. The Hall–Kier alpha value is -1.64. The van der Waals surface area contributed by atoms with Crippen LogP contribution in [0.15, 0.2) is 33.5 Å². The highest BCUT2D eigenvalue weighted by molar-refractivity contribution is 5.77. The molecule has 1 heterocycles. The topological polar surface area (TPSA) is 30.2 Å². The Kier molecular flexibility index (Phi) is 2.08. The number of hydrogen-bond acceptors (Lipinski definition) is 2. The van der Waals surface area contributed by atoms with E-state index < -0.39 is 6.67 Å². The second-order valence-electron chi connectivity index (χ2n) is 3.22. The monoisotopic (exact) mass is 192 g/mol. The van der Waals surface area contributed by atoms with Crippen LogP contribution in [0.4, 0.5) is 4.39 Å². The summed E-state index contributed by atoms with van der Waals surface area (Å²) in [5.41, 5.74) is 1.15. The van der Waals surface area contributed by atoms with Crippen molar-refractivity contribution in [2.24, 2.45) is 0 Å². The largest absolute Gasteiger partial charge is 0.423 e. The minimum absolute atomic E-state index is 0.367. The van der Waals surface area contributed by atoms with Gasteiger partial charge in [-0.1, -0.05) is 12.1 Å². The van der Waals surface area contributed by atoms with Crippen molar-refractivity contribution in [1.29, 1.82) is 0 Å². The van der Waals surface area contributed by atoms with Gasteiger partial charge in [0.05, 0.1) is 0 Å². The van der Waals surface area contributed by atoms with Crippen LogP contribution in [0.3, 0.4) is 0 Å². The molecule has 2 nitrogen and oxygen atoms in total. The molecule has 0 aliphatic carbocycles. The quantitative estimate of drug-likeness (QED) is 0.650. The summed E-state index contributed by atoms with van der Waals surface area (Å²) in [4.78, 5) is 11.2. The van der Waals surface area contributed by atoms with Crippen molar-refractivity contribution >= 4 is 11.0 Å². The molecule has 0 aliphatic heterocycles. The van der Waals surface area contributed by atoms with E-state index in [1.54, 1.807) is 31.2 Å². The van der Waals surface area contributed by atoms with Gasteiger partial charge in [-0.3, -0.25) is 0 Å². The Morgan fingerprint density at radius 3 is 2.86 bits per heavy atom. The lowest BCUT2D eigenvalue weighted by Gasteiger charge is -1.99. The zero-order valence-electron chi connectivity index (χ0n) is 7.71. The van der Waals surface area contributed by atoms with Crippen molar-refractivity contribution in [2.45, 2.75) is 13.6 Å². The molecule has 2 aromatic rings. The van der Waals surface area contributed by atoms with E-state index in [4.69, 9.17) is 4.42 Å². The fraction of sp³-hybridized carbons (Fsp3) is 0.182. The molecule has 0 N–H and O–H groups in total. The van der Waals surface area contributed by atoms with E-state index in [0.29, 0.717) is 16.7 Å². The molecule has 0 bridgehead atoms. The van der Waals surface area contributed by atoms with Crippen molar-refractivity contribution in [3.8, 4) is 0 Å². The summed E-state index contributed by atoms with van der Waals surface area (Å²) >= 11 is 0. The SMILES string of the molecule is Cc1cc2ccc(CF)cc2oc1=O. The molecule has 72 valence electrons. The fourth-order valence-electron chi connectivity index (χ4n) is 1.34. The van der Waals surface area contributed by atoms with E-state index in [-0.39, 0.29) is 5.63 Å². The van der Waals surface area contributed by atoms with Crippen LogP contribution in [-0.2, 0) is 6.67 Å². The lowest BCUT2D eigenvalue weighted by molar-refractivity contribution is 0.484. The first-order valence-corrected chi connectivity index (χ1v) is 4.30. The Balaban J connectivity index is 2.77. The van der Waals surface area contributed by atoms with Gasteiger partial charge in [-0.25, -0.2) is 9.18 Å². The van der Waals surface area contributed by atoms with Crippen molar-refractivity contribution in [1.82, 2.24) is 0 Å². The summed E-state index contributed by atoms with van der Waals surface area (Å²) < 4.78 is 17.3. The van der Waals surface area contributed by atoms with Crippen molar-refractivity contribution in [3.63, 3.8) is 0 Å². The molecule has 1 aromatic carbocycles. The Morgan fingerprint density at radius 1 is 1.36 bits per heavy atom. The molecule has 0 fully saturated rings. The summed E-state index contributed by atoms with van der Waals surface area (Å²) in [6.07, 6.45) is 0. The van der Waals surface area contributed by atoms with Gasteiger partial charge in [0.1, 0.15) is 12.3 Å². The van der Waals surface area contributed by atoms with Gasteiger partial charge in [-0.15, -0.1) is 0 Å². The first-order chi connectivity index (χ1) is 6.70. The fourth-order valence-corrected chi connectivity index (χ4v) is 1.34. The molecular weight excluding hydrogens is 183 g/mol. The van der Waals surface area contributed by atoms with Gasteiger partial charge in [0.15, 0.2) is 0 Å². The smallest absolute Gasteiger partial charge is 0.339 e. The number of aryl methyl sites for hydroxylation is 1. The lowest BCUT2D eigenvalue weighted by atomic mass is 10.1. The highest BCUT2D eigenvalue weighted by Gasteiger charge is 2.01. The molecule has 0 unspecified atom stereocenters. The average Bonchev–Trinajstić information content (AvgIpc) is 2.19. The van der Waals surface area contributed by atoms with E-state index in [0.717, 1.165) is 5.39 Å². The maximum absolute atomic E-state index is 12.3. The first kappa shape index (κ1) is 8.94. The Labute approximate surface area is 80.0 Å². The number of alkyl halides is 1. The van der Waals surface area contributed by atoms with Crippen LogP contribution in [0, 0.1) is 6.92 Å². The molecule has 0 saturated carbocycles. The third-order valence-corrected chi connectivity index (χ3v) is 2.13. The van der Waals surface area contributed by atoms with Gasteiger partial charge < -0.3 is 4.42 Å². The van der Waals surface area contributed by atoms with Gasteiger partial charge in [0.25, 0.3) is 0 Å². The number of rotatable bonds is 1. The van der Waals surface area contributed by atoms with Crippen LogP contribution in [0.1, 0.15) is 11.1 Å². The normalized spacial score (nSPS) is 10.7. The summed E-state index contributed by atoms with van der Waals surface area (Å²) in [5, 5.41) is 0.819. The van der Waals surface area contributed by atoms with Crippen LogP contribution in [0.5, 0.6) is 0 Å². The maximum Gasteiger partial charge on any atom is 0.339 e. The molecule has 2 rings (SSSR count). The van der Waals surface area contributed by atoms with E-state index in [1.807, 2.05) is 0 Å². The molecule has 0 saturated heterocycles. The molecule has 0 amide bonds. The van der Waals surface area contributed by atoms with E-state index in [1.165, 1.54) is 0 Å². The molecular formula is C11H9FO2. The number of hydrogen-bond donors (Lipinski definition) is 0. The molecule has 0 atom stereocenters. The summed E-state index contributed by atoms with van der Waals surface area (Å²) in [6, 6.07) is 6.72. The van der Waals surface area contributed by atoms with Gasteiger partial charge in [-0.05, 0) is 24.6 Å². The predicted octanol–water partition coefficient (Wildman–Crippen LogP) is 2.57. The number of benzene rings is 1. The third-order valence-electron chi connectivity index (χ3n) is 2.13. The minimum atomic E-state index is -0.548. The van der Waals surface area contributed by atoms with Gasteiger partial charge in [0, 0.05) is 10.9 Å². The maximum atomic E-state index is 12.3. The third kappa shape index (κ3) is 1.41. The number of fused-ring (bicyclic) bond motifs is 1. The van der Waals surface area contributed by atoms with E-state index in [2.05, 4.69) is 0 Å². The van der Waals surface area contributed by atoms with Crippen LogP contribution in [0.25, 0.3) is 11.0 Å². The second kappa shape index (κ2) is 3.25. The molecule has 14 heavy (non-hydrogen) atoms. The molecule has 0 radical (unpaired) electrons. The van der Waals surface area contributed by atoms with Crippen LogP contribution >= 0.6 is 0 Å². The van der Waals surface area contributed by atoms with Crippen LogP contribution in [-0.4, -0.2) is 0 Å². The Morgan fingerprint density at radius 2 is 2.14 bits per heavy atom. The zero-order chi connectivity index (χ0) is 10.1. The van der Waals surface area contributed by atoms with Crippen LogP contribution < -0.4 is 5.63 Å². The molecule has 1 aromatic heterocycles. The molecule has 0 aliphatic rings. The molecule has 3 heteroatoms. The summed E-state index contributed by atoms with van der Waals surface area (Å²) in [7, 11) is 0. The van der Waals surface area contributed by atoms with Crippen molar-refractivity contribution in [3.05, 3.63) is 45.8 Å². The minimum Gasteiger partial charge on any atom is -0.423 e. The van der Waals surface area contributed by atoms with Gasteiger partial charge in [-0.2, -0.15) is 0 Å². The summed E-state index contributed by atoms with van der Waals surface area (Å²) in [6.45, 7) is 1.14. The van der Waals surface area contributed by atoms with Crippen LogP contribution in [0.2, 0.25) is 0 Å². The molecule has 0 spiro atoms. The van der Waals surface area contributed by atoms with Gasteiger partial charge in [0.2, 0.25) is 0 Å². The van der Waals surface area contributed by atoms with Gasteiger partial charge >= 0.3 is 5.63 Å². The zero-order valence-corrected chi connectivity index (χ0v) is 7.71. The van der Waals surface area contributed by atoms with Crippen molar-refractivity contribution in [2.75, 3.05) is 0 Å². The summed E-state index contributed by atoms with van der Waals surface area (Å²) in [5.74, 6) is 0. The standard InChI is InChI=1S/C11H9FO2/c1-7-4-9-3-2-8(6-12)5-10(9)14-11(7)13/h2-5H,6H2,1H3. The number of halogens is 1. The second-order valence-corrected chi connectivity index (χ2v) is 3.22. The lowest BCUT2D eigenvalue weighted by Crippen LogP contribution is -2.01. The Bertz CT molecular complexity index is 528. The first-order valence-electron chi connectivity index (χ1n) is 4.30. The predicted molar refractivity (Wildman–Crippen MR) is 52.0 cm³/mol. The van der Waals surface area contributed by atoms with Crippen molar-refractivity contribution < 1.29 is 8.81 Å². The average molecular weight is 192 g/mol. The van der Waals surface area contributed by atoms with E-state index >= 15 is 0 Å². The van der Waals surface area contributed by atoms with E-state index in [9.17, 15) is 9.18 Å².